The Bertz CT molecular complexity index is 564. The summed E-state index contributed by atoms with van der Waals surface area (Å²) in [5, 5.41) is 22.6. The Labute approximate surface area is 116 Å². The number of rotatable bonds is 3. The second-order valence-corrected chi connectivity index (χ2v) is 5.64. The van der Waals surface area contributed by atoms with Crippen molar-refractivity contribution in [1.29, 1.82) is 0 Å². The zero-order valence-electron chi connectivity index (χ0n) is 11.0. The number of carbonyl (C=O) groups excluding carboxylic acids is 1. The van der Waals surface area contributed by atoms with Gasteiger partial charge >= 0.3 is 0 Å². The highest BCUT2D eigenvalue weighted by Gasteiger charge is 2.44. The van der Waals surface area contributed by atoms with Gasteiger partial charge in [0, 0.05) is 37.3 Å². The van der Waals surface area contributed by atoms with Gasteiger partial charge in [0.2, 0.25) is 0 Å². The Morgan fingerprint density at radius 2 is 2.00 bits per heavy atom. The molecule has 3 fully saturated rings. The summed E-state index contributed by atoms with van der Waals surface area (Å²) in [4.78, 5) is 23.8. The van der Waals surface area contributed by atoms with E-state index in [1.165, 1.54) is 23.1 Å². The molecule has 0 aliphatic carbocycles. The summed E-state index contributed by atoms with van der Waals surface area (Å²) in [6.45, 7) is 1.92. The van der Waals surface area contributed by atoms with Gasteiger partial charge in [-0.15, -0.1) is 5.75 Å². The number of nitrogens with zero attached hydrogens (tertiary/aromatic N) is 1. The third kappa shape index (κ3) is 2.16. The number of quaternary nitrogens is 1. The van der Waals surface area contributed by atoms with E-state index in [-0.39, 0.29) is 29.2 Å². The van der Waals surface area contributed by atoms with Gasteiger partial charge in [-0.3, -0.25) is 14.9 Å². The van der Waals surface area contributed by atoms with Gasteiger partial charge in [0.05, 0.1) is 18.0 Å². The van der Waals surface area contributed by atoms with Crippen LogP contribution < -0.4 is 10.0 Å². The van der Waals surface area contributed by atoms with Crippen molar-refractivity contribution in [3.8, 4) is 5.75 Å². The average molecular weight is 276 g/mol. The van der Waals surface area contributed by atoms with E-state index < -0.39 is 4.92 Å². The normalized spacial score (nSPS) is 28.6. The molecule has 0 aromatic heterocycles. The molecule has 3 saturated heterocycles. The molecule has 3 aliphatic rings. The molecule has 6 heteroatoms. The summed E-state index contributed by atoms with van der Waals surface area (Å²) in [6, 6.07) is 3.56. The van der Waals surface area contributed by atoms with Crippen LogP contribution in [0.5, 0.6) is 5.75 Å². The second kappa shape index (κ2) is 4.86. The minimum Gasteiger partial charge on any atom is -0.872 e. The monoisotopic (exact) mass is 276 g/mol. The lowest BCUT2D eigenvalue weighted by molar-refractivity contribution is -0.927. The molecule has 0 amide bonds. The van der Waals surface area contributed by atoms with Gasteiger partial charge in [-0.25, -0.2) is 0 Å². The van der Waals surface area contributed by atoms with Gasteiger partial charge in [0.1, 0.15) is 0 Å². The number of piperidine rings is 3. The Morgan fingerprint density at radius 1 is 1.30 bits per heavy atom. The number of nitro groups is 1. The zero-order chi connectivity index (χ0) is 14.3. The SMILES string of the molecule is O=C1C2CC[NH+](CC2)[C@@H]1Cc1cc([N+](=O)[O-])ccc1[O-]. The number of benzene rings is 1. The van der Waals surface area contributed by atoms with E-state index in [9.17, 15) is 20.0 Å². The molecule has 0 spiro atoms. The molecule has 0 unspecified atom stereocenters. The first-order valence-corrected chi connectivity index (χ1v) is 6.89. The maximum absolute atomic E-state index is 12.3. The molecule has 3 heterocycles. The van der Waals surface area contributed by atoms with Crippen LogP contribution in [-0.4, -0.2) is 29.8 Å². The van der Waals surface area contributed by atoms with Crippen molar-refractivity contribution in [3.63, 3.8) is 0 Å². The highest BCUT2D eigenvalue weighted by atomic mass is 16.6. The number of nitro benzene ring substituents is 1. The smallest absolute Gasteiger partial charge is 0.269 e. The molecule has 2 bridgehead atoms. The molecule has 20 heavy (non-hydrogen) atoms. The summed E-state index contributed by atoms with van der Waals surface area (Å²) in [5.74, 6) is 0.139. The summed E-state index contributed by atoms with van der Waals surface area (Å²) in [6.07, 6.45) is 2.19. The van der Waals surface area contributed by atoms with Crippen molar-refractivity contribution in [2.75, 3.05) is 13.1 Å². The molecule has 4 rings (SSSR count). The maximum atomic E-state index is 12.3. The lowest BCUT2D eigenvalue weighted by Gasteiger charge is -2.41. The van der Waals surface area contributed by atoms with Crippen LogP contribution in [-0.2, 0) is 11.2 Å². The summed E-state index contributed by atoms with van der Waals surface area (Å²) >= 11 is 0. The van der Waals surface area contributed by atoms with Crippen molar-refractivity contribution in [3.05, 3.63) is 33.9 Å². The molecule has 0 radical (unpaired) electrons. The number of Topliss-reactive ketones (excluding diaryl/α,β-unsaturated/α-hetero) is 1. The first kappa shape index (κ1) is 13.1. The predicted octanol–water partition coefficient (Wildman–Crippen LogP) is -0.543. The minimum atomic E-state index is -0.509. The Balaban J connectivity index is 1.85. The molecule has 1 aromatic carbocycles. The molecule has 1 aromatic rings. The lowest BCUT2D eigenvalue weighted by atomic mass is 9.80. The molecule has 1 atom stereocenters. The van der Waals surface area contributed by atoms with E-state index in [2.05, 4.69) is 0 Å². The number of non-ortho nitro benzene ring substituents is 1. The van der Waals surface area contributed by atoms with Gasteiger partial charge in [-0.05, 0) is 5.56 Å². The number of hydrogen-bond acceptors (Lipinski definition) is 4. The van der Waals surface area contributed by atoms with E-state index >= 15 is 0 Å². The number of fused-ring (bicyclic) bond motifs is 3. The van der Waals surface area contributed by atoms with E-state index in [1.54, 1.807) is 0 Å². The Morgan fingerprint density at radius 3 is 2.60 bits per heavy atom. The predicted molar refractivity (Wildman–Crippen MR) is 68.5 cm³/mol. The fourth-order valence-corrected chi connectivity index (χ4v) is 3.41. The number of carbonyl (C=O) groups is 1. The fourth-order valence-electron chi connectivity index (χ4n) is 3.41. The van der Waals surface area contributed by atoms with Crippen molar-refractivity contribution in [2.45, 2.75) is 25.3 Å². The lowest BCUT2D eigenvalue weighted by Crippen LogP contribution is -3.20. The van der Waals surface area contributed by atoms with Crippen LogP contribution in [0.25, 0.3) is 0 Å². The summed E-state index contributed by atoms with van der Waals surface area (Å²) in [5.41, 5.74) is 0.301. The number of ketones is 1. The molecule has 3 aliphatic heterocycles. The van der Waals surface area contributed by atoms with Crippen LogP contribution in [0.4, 0.5) is 5.69 Å². The summed E-state index contributed by atoms with van der Waals surface area (Å²) in [7, 11) is 0. The van der Waals surface area contributed by atoms with Crippen molar-refractivity contribution in [2.24, 2.45) is 5.92 Å². The van der Waals surface area contributed by atoms with E-state index in [4.69, 9.17) is 0 Å². The number of nitrogens with one attached hydrogen (secondary N) is 1. The first-order chi connectivity index (χ1) is 9.56. The van der Waals surface area contributed by atoms with Crippen molar-refractivity contribution in [1.82, 2.24) is 0 Å². The standard InChI is InChI=1S/C14H16N2O4/c17-13-2-1-11(16(19)20)7-10(13)8-12-14(18)9-3-5-15(12)6-4-9/h1-2,7,9,12,17H,3-6,8H2/t12-/m1/s1. The fraction of sp³-hybridized carbons (Fsp3) is 0.500. The largest absolute Gasteiger partial charge is 0.872 e. The molecule has 106 valence electrons. The molecule has 1 N–H and O–H groups in total. The molecular weight excluding hydrogens is 260 g/mol. The topological polar surface area (TPSA) is 87.7 Å². The Hall–Kier alpha value is -1.95. The zero-order valence-corrected chi connectivity index (χ0v) is 11.0. The van der Waals surface area contributed by atoms with Crippen LogP contribution in [0.3, 0.4) is 0 Å². The minimum absolute atomic E-state index is 0.0852. The summed E-state index contributed by atoms with van der Waals surface area (Å²) < 4.78 is 0. The molecule has 6 nitrogen and oxygen atoms in total. The van der Waals surface area contributed by atoms with E-state index in [0.717, 1.165) is 25.9 Å². The third-order valence-electron chi connectivity index (χ3n) is 4.55. The van der Waals surface area contributed by atoms with Gasteiger partial charge < -0.3 is 10.0 Å². The van der Waals surface area contributed by atoms with Crippen LogP contribution in [0, 0.1) is 16.0 Å². The highest BCUT2D eigenvalue weighted by molar-refractivity contribution is 5.86. The van der Waals surface area contributed by atoms with Crippen LogP contribution in [0.15, 0.2) is 18.2 Å². The van der Waals surface area contributed by atoms with Gasteiger partial charge in [-0.1, -0.05) is 6.07 Å². The molecular formula is C14H16N2O4. The first-order valence-electron chi connectivity index (χ1n) is 6.89. The highest BCUT2D eigenvalue weighted by Crippen LogP contribution is 2.25. The van der Waals surface area contributed by atoms with Crippen LogP contribution in [0.2, 0.25) is 0 Å². The van der Waals surface area contributed by atoms with E-state index in [0.29, 0.717) is 12.0 Å². The average Bonchev–Trinajstić information content (AvgIpc) is 2.45. The van der Waals surface area contributed by atoms with Crippen molar-refractivity contribution >= 4 is 11.5 Å². The van der Waals surface area contributed by atoms with Crippen LogP contribution in [0.1, 0.15) is 18.4 Å². The van der Waals surface area contributed by atoms with Gasteiger partial charge in [-0.2, -0.15) is 0 Å². The van der Waals surface area contributed by atoms with Gasteiger partial charge in [0.25, 0.3) is 5.69 Å². The maximum Gasteiger partial charge on any atom is 0.269 e. The quantitative estimate of drug-likeness (QED) is 0.593. The van der Waals surface area contributed by atoms with Crippen molar-refractivity contribution < 1.29 is 19.7 Å². The third-order valence-corrected chi connectivity index (χ3v) is 4.55. The van der Waals surface area contributed by atoms with Crippen LogP contribution >= 0.6 is 0 Å². The second-order valence-electron chi connectivity index (χ2n) is 5.64. The Kier molecular flexibility index (Phi) is 3.17. The van der Waals surface area contributed by atoms with E-state index in [1.807, 2.05) is 0 Å². The number of hydrogen-bond donors (Lipinski definition) is 1. The molecule has 0 saturated carbocycles. The van der Waals surface area contributed by atoms with Gasteiger partial charge in [0.15, 0.2) is 11.8 Å².